The number of nitrogens with zero attached hydrogens (tertiary/aromatic N) is 4. The van der Waals surface area contributed by atoms with Crippen LogP contribution in [0.15, 0.2) is 10.9 Å². The fourth-order valence-corrected chi connectivity index (χ4v) is 5.46. The fourth-order valence-electron chi connectivity index (χ4n) is 4.50. The lowest BCUT2D eigenvalue weighted by molar-refractivity contribution is -0.130. The first-order chi connectivity index (χ1) is 13.2. The first-order valence-corrected chi connectivity index (χ1v) is 11.6. The molecule has 4 rings (SSSR count). The zero-order chi connectivity index (χ0) is 18.6. The lowest BCUT2D eigenvalue weighted by atomic mass is 10.2. The molecule has 0 spiro atoms. The van der Waals surface area contributed by atoms with E-state index in [1.54, 1.807) is 10.7 Å². The van der Waals surface area contributed by atoms with Gasteiger partial charge in [0.2, 0.25) is 5.91 Å². The average Bonchev–Trinajstić information content (AvgIpc) is 3.00. The third-order valence-electron chi connectivity index (χ3n) is 6.12. The summed E-state index contributed by atoms with van der Waals surface area (Å²) in [5.74, 6) is 2.32. The van der Waals surface area contributed by atoms with Crippen LogP contribution in [0.5, 0.6) is 0 Å². The minimum Gasteiger partial charge on any atom is -0.341 e. The van der Waals surface area contributed by atoms with Gasteiger partial charge in [0.25, 0.3) is 5.56 Å². The van der Waals surface area contributed by atoms with Gasteiger partial charge in [-0.2, -0.15) is 16.9 Å². The van der Waals surface area contributed by atoms with Gasteiger partial charge in [-0.15, -0.1) is 0 Å². The topological polar surface area (TPSA) is 58.4 Å². The van der Waals surface area contributed by atoms with Gasteiger partial charge >= 0.3 is 0 Å². The number of amides is 1. The number of carbonyl (C=O) groups is 1. The van der Waals surface area contributed by atoms with E-state index in [0.29, 0.717) is 24.9 Å². The summed E-state index contributed by atoms with van der Waals surface area (Å²) >= 11 is 1.88. The number of fused-ring (bicyclic) bond motifs is 1. The number of aryl methyl sites for hydroxylation is 1. The zero-order valence-corrected chi connectivity index (χ0v) is 16.9. The summed E-state index contributed by atoms with van der Waals surface area (Å²) in [7, 11) is 0. The summed E-state index contributed by atoms with van der Waals surface area (Å²) < 4.78 is 1.69. The Kier molecular flexibility index (Phi) is 6.18. The zero-order valence-electron chi connectivity index (χ0n) is 16.1. The molecule has 2 saturated heterocycles. The number of likely N-dealkylation sites (tertiary alicyclic amines) is 2. The van der Waals surface area contributed by atoms with Crippen molar-refractivity contribution in [3.8, 4) is 0 Å². The Labute approximate surface area is 165 Å². The van der Waals surface area contributed by atoms with Crippen LogP contribution >= 0.6 is 11.8 Å². The number of carbonyl (C=O) groups excluding carboxylic acids is 1. The Morgan fingerprint density at radius 1 is 1.07 bits per heavy atom. The predicted octanol–water partition coefficient (Wildman–Crippen LogP) is 1.90. The molecular weight excluding hydrogens is 360 g/mol. The molecule has 1 aromatic rings. The SMILES string of the molecule is O=C1CCCCCN1CCN1CCCC1Cn1nc2c(cc1=O)CSCC2. The smallest absolute Gasteiger partial charge is 0.267 e. The van der Waals surface area contributed by atoms with E-state index in [2.05, 4.69) is 10.00 Å². The Bertz CT molecular complexity index is 735. The van der Waals surface area contributed by atoms with Crippen molar-refractivity contribution in [2.24, 2.45) is 0 Å². The van der Waals surface area contributed by atoms with Crippen LogP contribution in [0, 0.1) is 0 Å². The standard InChI is InChI=1S/C20H30N4O2S/c25-19-6-2-1-3-8-23(19)11-10-22-9-4-5-17(22)14-24-20(26)13-16-15-27-12-7-18(16)21-24/h13,17H,1-12,14-15H2. The van der Waals surface area contributed by atoms with Crippen LogP contribution in [0.1, 0.15) is 49.8 Å². The van der Waals surface area contributed by atoms with E-state index >= 15 is 0 Å². The molecule has 6 nitrogen and oxygen atoms in total. The normalized spacial score (nSPS) is 24.1. The van der Waals surface area contributed by atoms with Crippen molar-refractivity contribution in [3.63, 3.8) is 0 Å². The van der Waals surface area contributed by atoms with E-state index in [9.17, 15) is 9.59 Å². The minimum atomic E-state index is 0.0331. The van der Waals surface area contributed by atoms with Crippen molar-refractivity contribution in [2.75, 3.05) is 31.9 Å². The maximum Gasteiger partial charge on any atom is 0.267 e. The number of hydrogen-bond donors (Lipinski definition) is 0. The van der Waals surface area contributed by atoms with E-state index in [0.717, 1.165) is 81.0 Å². The van der Waals surface area contributed by atoms with Crippen LogP contribution in [0.25, 0.3) is 0 Å². The molecule has 1 unspecified atom stereocenters. The molecule has 3 aliphatic rings. The summed E-state index contributed by atoms with van der Waals surface area (Å²) in [6.07, 6.45) is 7.26. The van der Waals surface area contributed by atoms with E-state index < -0.39 is 0 Å². The second kappa shape index (κ2) is 8.78. The molecule has 1 aromatic heterocycles. The first kappa shape index (κ1) is 19.0. The molecule has 1 atom stereocenters. The molecule has 4 heterocycles. The number of aromatic nitrogens is 2. The lowest BCUT2D eigenvalue weighted by Crippen LogP contribution is -2.43. The molecule has 0 bridgehead atoms. The summed E-state index contributed by atoms with van der Waals surface area (Å²) in [6, 6.07) is 2.15. The highest BCUT2D eigenvalue weighted by atomic mass is 32.2. The van der Waals surface area contributed by atoms with Crippen molar-refractivity contribution in [2.45, 2.75) is 63.3 Å². The summed E-state index contributed by atoms with van der Waals surface area (Å²) in [5, 5.41) is 4.68. The Balaban J connectivity index is 1.38. The van der Waals surface area contributed by atoms with Crippen LogP contribution in [0.2, 0.25) is 0 Å². The number of thioether (sulfide) groups is 1. The van der Waals surface area contributed by atoms with Gasteiger partial charge in [-0.1, -0.05) is 6.42 Å². The predicted molar refractivity (Wildman–Crippen MR) is 108 cm³/mol. The molecule has 0 aliphatic carbocycles. The van der Waals surface area contributed by atoms with Gasteiger partial charge in [-0.3, -0.25) is 14.5 Å². The van der Waals surface area contributed by atoms with Crippen molar-refractivity contribution in [3.05, 3.63) is 27.7 Å². The third kappa shape index (κ3) is 4.57. The van der Waals surface area contributed by atoms with Gasteiger partial charge in [0.15, 0.2) is 0 Å². The van der Waals surface area contributed by atoms with Crippen molar-refractivity contribution < 1.29 is 4.79 Å². The van der Waals surface area contributed by atoms with Gasteiger partial charge in [0.1, 0.15) is 0 Å². The highest BCUT2D eigenvalue weighted by molar-refractivity contribution is 7.98. The largest absolute Gasteiger partial charge is 0.341 e. The fraction of sp³-hybridized carbons (Fsp3) is 0.750. The van der Waals surface area contributed by atoms with Gasteiger partial charge < -0.3 is 4.90 Å². The first-order valence-electron chi connectivity index (χ1n) is 10.4. The molecular formula is C20H30N4O2S. The summed E-state index contributed by atoms with van der Waals surface area (Å²) in [4.78, 5) is 29.2. The highest BCUT2D eigenvalue weighted by Gasteiger charge is 2.27. The van der Waals surface area contributed by atoms with Crippen molar-refractivity contribution in [1.82, 2.24) is 19.6 Å². The van der Waals surface area contributed by atoms with Crippen LogP contribution in [-0.2, 0) is 23.5 Å². The van der Waals surface area contributed by atoms with E-state index in [-0.39, 0.29) is 5.56 Å². The molecule has 27 heavy (non-hydrogen) atoms. The minimum absolute atomic E-state index is 0.0331. The quantitative estimate of drug-likeness (QED) is 0.769. The van der Waals surface area contributed by atoms with E-state index in [4.69, 9.17) is 0 Å². The van der Waals surface area contributed by atoms with Gasteiger partial charge in [-0.25, -0.2) is 4.68 Å². The molecule has 2 fully saturated rings. The van der Waals surface area contributed by atoms with E-state index in [1.807, 2.05) is 16.7 Å². The Morgan fingerprint density at radius 2 is 2.00 bits per heavy atom. The summed E-state index contributed by atoms with van der Waals surface area (Å²) in [5.41, 5.74) is 2.26. The number of rotatable bonds is 5. The monoisotopic (exact) mass is 390 g/mol. The summed E-state index contributed by atoms with van der Waals surface area (Å²) in [6.45, 7) is 4.36. The highest BCUT2D eigenvalue weighted by Crippen LogP contribution is 2.22. The van der Waals surface area contributed by atoms with Crippen LogP contribution in [0.3, 0.4) is 0 Å². The lowest BCUT2D eigenvalue weighted by Gasteiger charge is -2.28. The van der Waals surface area contributed by atoms with Gasteiger partial charge in [0.05, 0.1) is 12.2 Å². The van der Waals surface area contributed by atoms with Crippen molar-refractivity contribution >= 4 is 17.7 Å². The molecule has 7 heteroatoms. The van der Waals surface area contributed by atoms with Crippen molar-refractivity contribution in [1.29, 1.82) is 0 Å². The Morgan fingerprint density at radius 3 is 2.93 bits per heavy atom. The molecule has 148 valence electrons. The maximum absolute atomic E-state index is 12.5. The van der Waals surface area contributed by atoms with Crippen LogP contribution in [-0.4, -0.2) is 63.5 Å². The second-order valence-electron chi connectivity index (χ2n) is 7.96. The molecule has 0 N–H and O–H groups in total. The number of hydrogen-bond acceptors (Lipinski definition) is 5. The molecule has 3 aliphatic heterocycles. The Hall–Kier alpha value is -1.34. The molecule has 0 radical (unpaired) electrons. The average molecular weight is 391 g/mol. The molecule has 0 saturated carbocycles. The third-order valence-corrected chi connectivity index (χ3v) is 7.12. The van der Waals surface area contributed by atoms with Gasteiger partial charge in [-0.05, 0) is 43.5 Å². The van der Waals surface area contributed by atoms with Gasteiger partial charge in [0, 0.05) is 50.3 Å². The van der Waals surface area contributed by atoms with E-state index in [1.165, 1.54) is 6.42 Å². The van der Waals surface area contributed by atoms with Crippen LogP contribution in [0.4, 0.5) is 0 Å². The maximum atomic E-state index is 12.5. The van der Waals surface area contributed by atoms with Crippen LogP contribution < -0.4 is 5.56 Å². The second-order valence-corrected chi connectivity index (χ2v) is 9.07. The molecule has 1 amide bonds. The molecule has 0 aromatic carbocycles.